The van der Waals surface area contributed by atoms with Gasteiger partial charge < -0.3 is 25.2 Å². The van der Waals surface area contributed by atoms with E-state index in [2.05, 4.69) is 39.6 Å². The molecule has 3 rings (SSSR count). The van der Waals surface area contributed by atoms with Crippen LogP contribution in [0.4, 0.5) is 21.9 Å². The highest BCUT2D eigenvalue weighted by Crippen LogP contribution is 2.25. The number of benzene rings is 2. The smallest absolute Gasteiger partial charge is 0.323 e. The SMILES string of the molecule is COc1ccccc1NC(=O)Nc1ccc(N2CCN(C)CC2)cc1C. The van der Waals surface area contributed by atoms with E-state index in [1.165, 1.54) is 5.69 Å². The lowest BCUT2D eigenvalue weighted by Gasteiger charge is -2.34. The average Bonchev–Trinajstić information content (AvgIpc) is 2.64. The van der Waals surface area contributed by atoms with E-state index < -0.39 is 0 Å². The molecule has 2 aromatic carbocycles. The quantitative estimate of drug-likeness (QED) is 0.884. The van der Waals surface area contributed by atoms with Crippen molar-refractivity contribution in [2.24, 2.45) is 0 Å². The number of amides is 2. The second kappa shape index (κ2) is 8.10. The minimum Gasteiger partial charge on any atom is -0.495 e. The van der Waals surface area contributed by atoms with E-state index >= 15 is 0 Å². The maximum Gasteiger partial charge on any atom is 0.323 e. The lowest BCUT2D eigenvalue weighted by Crippen LogP contribution is -2.44. The van der Waals surface area contributed by atoms with E-state index in [-0.39, 0.29) is 6.03 Å². The number of piperazine rings is 1. The zero-order valence-corrected chi connectivity index (χ0v) is 15.6. The van der Waals surface area contributed by atoms with Gasteiger partial charge >= 0.3 is 6.03 Å². The summed E-state index contributed by atoms with van der Waals surface area (Å²) in [5.41, 5.74) is 3.68. The summed E-state index contributed by atoms with van der Waals surface area (Å²) in [6.45, 7) is 6.20. The van der Waals surface area contributed by atoms with E-state index in [1.807, 2.05) is 37.3 Å². The number of ether oxygens (including phenoxy) is 1. The fourth-order valence-corrected chi connectivity index (χ4v) is 3.07. The molecule has 1 saturated heterocycles. The van der Waals surface area contributed by atoms with Crippen LogP contribution in [0, 0.1) is 6.92 Å². The maximum absolute atomic E-state index is 12.3. The summed E-state index contributed by atoms with van der Waals surface area (Å²) in [5, 5.41) is 5.74. The molecule has 0 bridgehead atoms. The first kappa shape index (κ1) is 18.1. The second-order valence-corrected chi connectivity index (χ2v) is 6.57. The van der Waals surface area contributed by atoms with E-state index in [0.717, 1.165) is 37.4 Å². The van der Waals surface area contributed by atoms with Crippen molar-refractivity contribution in [2.75, 3.05) is 55.9 Å². The maximum atomic E-state index is 12.3. The molecule has 0 unspecified atom stereocenters. The number of para-hydroxylation sites is 2. The van der Waals surface area contributed by atoms with E-state index in [0.29, 0.717) is 11.4 Å². The summed E-state index contributed by atoms with van der Waals surface area (Å²) >= 11 is 0. The van der Waals surface area contributed by atoms with Gasteiger partial charge in [0.05, 0.1) is 12.8 Å². The molecule has 1 heterocycles. The van der Waals surface area contributed by atoms with Crippen LogP contribution >= 0.6 is 0 Å². The number of hydrogen-bond donors (Lipinski definition) is 2. The standard InChI is InChI=1S/C20H26N4O2/c1-15-14-16(24-12-10-23(2)11-13-24)8-9-17(15)21-20(25)22-18-6-4-5-7-19(18)26-3/h4-9,14H,10-13H2,1-3H3,(H2,21,22,25). The summed E-state index contributed by atoms with van der Waals surface area (Å²) in [5.74, 6) is 0.629. The van der Waals surface area contributed by atoms with Gasteiger partial charge in [-0.1, -0.05) is 12.1 Å². The number of nitrogens with one attached hydrogen (secondary N) is 2. The molecule has 0 saturated carbocycles. The average molecular weight is 354 g/mol. The fourth-order valence-electron chi connectivity index (χ4n) is 3.07. The van der Waals surface area contributed by atoms with Crippen LogP contribution in [0.3, 0.4) is 0 Å². The molecule has 2 N–H and O–H groups in total. The Hall–Kier alpha value is -2.73. The van der Waals surface area contributed by atoms with Crippen LogP contribution < -0.4 is 20.3 Å². The van der Waals surface area contributed by atoms with Crippen LogP contribution in [0.25, 0.3) is 0 Å². The number of urea groups is 1. The Morgan fingerprint density at radius 3 is 2.38 bits per heavy atom. The van der Waals surface area contributed by atoms with Gasteiger partial charge in [-0.15, -0.1) is 0 Å². The van der Waals surface area contributed by atoms with Gasteiger partial charge in [0.15, 0.2) is 0 Å². The first-order chi connectivity index (χ1) is 12.6. The number of carbonyl (C=O) groups excluding carboxylic acids is 1. The van der Waals surface area contributed by atoms with Gasteiger partial charge in [-0.25, -0.2) is 4.79 Å². The van der Waals surface area contributed by atoms with Crippen LogP contribution in [0.2, 0.25) is 0 Å². The predicted molar refractivity (Wildman–Crippen MR) is 107 cm³/mol. The Morgan fingerprint density at radius 2 is 1.69 bits per heavy atom. The number of hydrogen-bond acceptors (Lipinski definition) is 4. The summed E-state index contributed by atoms with van der Waals surface area (Å²) in [6, 6.07) is 13.2. The lowest BCUT2D eigenvalue weighted by molar-refractivity contribution is 0.262. The van der Waals surface area contributed by atoms with E-state index in [9.17, 15) is 4.79 Å². The third-order valence-corrected chi connectivity index (χ3v) is 4.68. The molecule has 1 aliphatic rings. The predicted octanol–water partition coefficient (Wildman–Crippen LogP) is 3.40. The van der Waals surface area contributed by atoms with Crippen molar-refractivity contribution in [2.45, 2.75) is 6.92 Å². The zero-order chi connectivity index (χ0) is 18.5. The van der Waals surface area contributed by atoms with Gasteiger partial charge in [0, 0.05) is 37.6 Å². The summed E-state index contributed by atoms with van der Waals surface area (Å²) in [4.78, 5) is 17.0. The fraction of sp³-hybridized carbons (Fsp3) is 0.350. The third kappa shape index (κ3) is 4.26. The van der Waals surface area contributed by atoms with Crippen LogP contribution in [0.1, 0.15) is 5.56 Å². The molecule has 138 valence electrons. The molecule has 2 aromatic rings. The topological polar surface area (TPSA) is 56.8 Å². The normalized spacial score (nSPS) is 14.8. The van der Waals surface area contributed by atoms with Gasteiger partial charge in [0.25, 0.3) is 0 Å². The first-order valence-corrected chi connectivity index (χ1v) is 8.82. The molecule has 26 heavy (non-hydrogen) atoms. The minimum absolute atomic E-state index is 0.287. The Bertz CT molecular complexity index is 770. The third-order valence-electron chi connectivity index (χ3n) is 4.68. The Balaban J connectivity index is 1.65. The van der Waals surface area contributed by atoms with Crippen LogP contribution in [-0.4, -0.2) is 51.3 Å². The molecule has 6 heteroatoms. The number of aryl methyl sites for hydroxylation is 1. The first-order valence-electron chi connectivity index (χ1n) is 8.82. The Labute approximate surface area is 154 Å². The van der Waals surface area contributed by atoms with Crippen molar-refractivity contribution in [1.82, 2.24) is 4.90 Å². The summed E-state index contributed by atoms with van der Waals surface area (Å²) in [7, 11) is 3.73. The number of methoxy groups -OCH3 is 1. The number of carbonyl (C=O) groups is 1. The van der Waals surface area contributed by atoms with Gasteiger partial charge in [-0.3, -0.25) is 0 Å². The molecule has 6 nitrogen and oxygen atoms in total. The number of rotatable bonds is 4. The van der Waals surface area contributed by atoms with Gasteiger partial charge in [-0.2, -0.15) is 0 Å². The van der Waals surface area contributed by atoms with Crippen molar-refractivity contribution in [3.05, 3.63) is 48.0 Å². The highest BCUT2D eigenvalue weighted by molar-refractivity contribution is 6.01. The highest BCUT2D eigenvalue weighted by atomic mass is 16.5. The molecular formula is C20H26N4O2. The van der Waals surface area contributed by atoms with Crippen LogP contribution in [0.15, 0.2) is 42.5 Å². The summed E-state index contributed by atoms with van der Waals surface area (Å²) in [6.07, 6.45) is 0. The Kier molecular flexibility index (Phi) is 5.63. The van der Waals surface area contributed by atoms with Gasteiger partial charge in [0.1, 0.15) is 5.75 Å². The van der Waals surface area contributed by atoms with Crippen LogP contribution in [-0.2, 0) is 0 Å². The molecule has 0 atom stereocenters. The summed E-state index contributed by atoms with van der Waals surface area (Å²) < 4.78 is 5.26. The Morgan fingerprint density at radius 1 is 1.00 bits per heavy atom. The van der Waals surface area contributed by atoms with Gasteiger partial charge in [0.2, 0.25) is 0 Å². The molecule has 0 radical (unpaired) electrons. The molecule has 2 amide bonds. The number of anilines is 3. The zero-order valence-electron chi connectivity index (χ0n) is 15.6. The molecular weight excluding hydrogens is 328 g/mol. The van der Waals surface area contributed by atoms with Crippen molar-refractivity contribution in [1.29, 1.82) is 0 Å². The lowest BCUT2D eigenvalue weighted by atomic mass is 10.1. The van der Waals surface area contributed by atoms with E-state index in [4.69, 9.17) is 4.74 Å². The number of nitrogens with zero attached hydrogens (tertiary/aromatic N) is 2. The van der Waals surface area contributed by atoms with Crippen molar-refractivity contribution < 1.29 is 9.53 Å². The van der Waals surface area contributed by atoms with Crippen molar-refractivity contribution in [3.63, 3.8) is 0 Å². The molecule has 1 fully saturated rings. The van der Waals surface area contributed by atoms with E-state index in [1.54, 1.807) is 7.11 Å². The molecule has 0 spiro atoms. The minimum atomic E-state index is -0.287. The molecule has 0 aromatic heterocycles. The van der Waals surface area contributed by atoms with Gasteiger partial charge in [-0.05, 0) is 49.9 Å². The van der Waals surface area contributed by atoms with Crippen LogP contribution in [0.5, 0.6) is 5.75 Å². The molecule has 0 aliphatic carbocycles. The van der Waals surface area contributed by atoms with Crippen molar-refractivity contribution >= 4 is 23.1 Å². The monoisotopic (exact) mass is 354 g/mol. The molecule has 1 aliphatic heterocycles. The van der Waals surface area contributed by atoms with Crippen molar-refractivity contribution in [3.8, 4) is 5.75 Å². The highest BCUT2D eigenvalue weighted by Gasteiger charge is 2.15. The number of likely N-dealkylation sites (N-methyl/N-ethyl adjacent to an activating group) is 1. The largest absolute Gasteiger partial charge is 0.495 e. The second-order valence-electron chi connectivity index (χ2n) is 6.57.